The first kappa shape index (κ1) is 27.7. The zero-order chi connectivity index (χ0) is 24.8. The van der Waals surface area contributed by atoms with Gasteiger partial charge in [-0.15, -0.1) is 0 Å². The Morgan fingerprint density at radius 1 is 0.941 bits per heavy atom. The molecule has 0 fully saturated rings. The number of nitrogens with zero attached hydrogens (tertiary/aromatic N) is 1. The minimum absolute atomic E-state index is 0.0420. The van der Waals surface area contributed by atoms with Gasteiger partial charge in [0.1, 0.15) is 0 Å². The molecular formula is C25H34N4O3S2. The summed E-state index contributed by atoms with van der Waals surface area (Å²) >= 11 is 0. The summed E-state index contributed by atoms with van der Waals surface area (Å²) in [6.07, 6.45) is 6.46. The number of carbonyl (C=O) groups excluding carboxylic acids is 3. The Hall–Kier alpha value is -2.52. The molecule has 1 atom stereocenters. The fourth-order valence-corrected chi connectivity index (χ4v) is 5.43. The molecule has 0 aliphatic heterocycles. The first-order chi connectivity index (χ1) is 16.3. The summed E-state index contributed by atoms with van der Waals surface area (Å²) in [6.45, 7) is 7.14. The third-order valence-electron chi connectivity index (χ3n) is 4.94. The smallest absolute Gasteiger partial charge is 0.269 e. The highest BCUT2D eigenvalue weighted by Crippen LogP contribution is 2.37. The molecule has 0 spiro atoms. The van der Waals surface area contributed by atoms with Gasteiger partial charge >= 0.3 is 0 Å². The van der Waals surface area contributed by atoms with Gasteiger partial charge in [-0.3, -0.25) is 30.2 Å². The Morgan fingerprint density at radius 2 is 1.68 bits per heavy atom. The molecule has 7 nitrogen and oxygen atoms in total. The number of nitrogens with one attached hydrogen (secondary N) is 3. The highest BCUT2D eigenvalue weighted by molar-refractivity contribution is 8.77. The molecule has 0 bridgehead atoms. The van der Waals surface area contributed by atoms with Crippen LogP contribution in [0.25, 0.3) is 0 Å². The zero-order valence-electron chi connectivity index (χ0n) is 20.0. The van der Waals surface area contributed by atoms with E-state index in [9.17, 15) is 14.4 Å². The number of hydrogen-bond acceptors (Lipinski definition) is 6. The van der Waals surface area contributed by atoms with Crippen LogP contribution >= 0.6 is 21.6 Å². The second kappa shape index (κ2) is 15.4. The summed E-state index contributed by atoms with van der Waals surface area (Å²) in [4.78, 5) is 41.3. The Morgan fingerprint density at radius 3 is 2.41 bits per heavy atom. The van der Waals surface area contributed by atoms with Crippen LogP contribution in [-0.4, -0.2) is 34.5 Å². The van der Waals surface area contributed by atoms with Crippen molar-refractivity contribution in [3.8, 4) is 0 Å². The lowest BCUT2D eigenvalue weighted by atomic mass is 10.1. The van der Waals surface area contributed by atoms with Crippen molar-refractivity contribution < 1.29 is 14.4 Å². The van der Waals surface area contributed by atoms with Crippen LogP contribution in [0, 0.1) is 5.92 Å². The van der Waals surface area contributed by atoms with Crippen LogP contribution in [0.1, 0.15) is 62.4 Å². The molecule has 1 unspecified atom stereocenters. The maximum Gasteiger partial charge on any atom is 0.269 e. The fourth-order valence-electron chi connectivity index (χ4n) is 2.99. The van der Waals surface area contributed by atoms with Gasteiger partial charge in [0.05, 0.1) is 6.42 Å². The zero-order valence-corrected chi connectivity index (χ0v) is 21.6. The highest BCUT2D eigenvalue weighted by atomic mass is 33.1. The maximum atomic E-state index is 12.3. The largest absolute Gasteiger partial charge is 0.356 e. The monoisotopic (exact) mass is 502 g/mol. The molecule has 184 valence electrons. The van der Waals surface area contributed by atoms with Crippen LogP contribution in [0.2, 0.25) is 0 Å². The molecule has 2 rings (SSSR count). The molecule has 1 heterocycles. The fraction of sp³-hybridized carbons (Fsp3) is 0.440. The van der Waals surface area contributed by atoms with Crippen molar-refractivity contribution in [2.24, 2.45) is 5.92 Å². The Balaban J connectivity index is 1.70. The minimum atomic E-state index is -0.380. The van der Waals surface area contributed by atoms with Crippen LogP contribution in [-0.2, 0) is 16.0 Å². The van der Waals surface area contributed by atoms with Gasteiger partial charge in [-0.2, -0.15) is 0 Å². The van der Waals surface area contributed by atoms with E-state index >= 15 is 0 Å². The summed E-state index contributed by atoms with van der Waals surface area (Å²) in [7, 11) is 3.30. The molecule has 0 saturated heterocycles. The maximum absolute atomic E-state index is 12.3. The molecule has 2 aromatic rings. The molecule has 3 amide bonds. The summed E-state index contributed by atoms with van der Waals surface area (Å²) in [5, 5.41) is 3.22. The van der Waals surface area contributed by atoms with Crippen molar-refractivity contribution in [1.29, 1.82) is 0 Å². The third-order valence-corrected chi connectivity index (χ3v) is 7.99. The molecular weight excluding hydrogens is 468 g/mol. The molecule has 0 aliphatic carbocycles. The van der Waals surface area contributed by atoms with E-state index in [2.05, 4.69) is 41.9 Å². The quantitative estimate of drug-likeness (QED) is 0.211. The summed E-state index contributed by atoms with van der Waals surface area (Å²) in [5.41, 5.74) is 6.30. The normalized spacial score (nSPS) is 11.6. The van der Waals surface area contributed by atoms with Crippen LogP contribution in [0.5, 0.6) is 0 Å². The minimum Gasteiger partial charge on any atom is -0.356 e. The first-order valence-corrected chi connectivity index (χ1v) is 13.7. The number of pyridine rings is 1. The van der Waals surface area contributed by atoms with E-state index in [1.54, 1.807) is 33.7 Å². The summed E-state index contributed by atoms with van der Waals surface area (Å²) in [5.74, 6) is 0.0638. The molecule has 9 heteroatoms. The number of carbonyl (C=O) groups is 3. The van der Waals surface area contributed by atoms with E-state index < -0.39 is 0 Å². The van der Waals surface area contributed by atoms with Gasteiger partial charge in [-0.05, 0) is 48.9 Å². The van der Waals surface area contributed by atoms with Crippen molar-refractivity contribution in [2.75, 3.05) is 6.54 Å². The van der Waals surface area contributed by atoms with Crippen molar-refractivity contribution >= 4 is 39.3 Å². The Kier molecular flexibility index (Phi) is 12.6. The van der Waals surface area contributed by atoms with Crippen molar-refractivity contribution in [3.05, 3.63) is 59.9 Å². The van der Waals surface area contributed by atoms with Crippen LogP contribution < -0.4 is 16.2 Å². The number of rotatable bonds is 13. The summed E-state index contributed by atoms with van der Waals surface area (Å²) in [6, 6.07) is 11.1. The predicted octanol–water partition coefficient (Wildman–Crippen LogP) is 4.55. The standard InChI is InChI=1S/C25H34N4O3S2/c1-18(2)7-6-14-27-24(31)17-21-8-4-5-9-22(21)34-33-19(3)10-11-23(30)28-29-25(32)20-12-15-26-16-13-20/h4-5,8-9,12-13,15-16,18-19H,6-7,10-11,14,17H2,1-3H3,(H,27,31)(H,28,30)(H,29,32). The highest BCUT2D eigenvalue weighted by Gasteiger charge is 2.13. The van der Waals surface area contributed by atoms with Crippen molar-refractivity contribution in [1.82, 2.24) is 21.2 Å². The lowest BCUT2D eigenvalue weighted by Crippen LogP contribution is -2.41. The number of aromatic nitrogens is 1. The predicted molar refractivity (Wildman–Crippen MR) is 139 cm³/mol. The lowest BCUT2D eigenvalue weighted by Gasteiger charge is -2.13. The summed E-state index contributed by atoms with van der Waals surface area (Å²) < 4.78 is 0. The Bertz CT molecular complexity index is 925. The van der Waals surface area contributed by atoms with Gasteiger partial charge in [0, 0.05) is 41.1 Å². The van der Waals surface area contributed by atoms with E-state index in [4.69, 9.17) is 0 Å². The molecule has 34 heavy (non-hydrogen) atoms. The molecule has 0 saturated carbocycles. The van der Waals surface area contributed by atoms with E-state index in [0.717, 1.165) is 23.3 Å². The van der Waals surface area contributed by atoms with Crippen LogP contribution in [0.3, 0.4) is 0 Å². The van der Waals surface area contributed by atoms with Crippen LogP contribution in [0.15, 0.2) is 53.7 Å². The van der Waals surface area contributed by atoms with Gasteiger partial charge in [-0.25, -0.2) is 0 Å². The van der Waals surface area contributed by atoms with E-state index in [-0.39, 0.29) is 23.0 Å². The molecule has 3 N–H and O–H groups in total. The first-order valence-electron chi connectivity index (χ1n) is 11.5. The van der Waals surface area contributed by atoms with E-state index in [1.165, 1.54) is 12.4 Å². The van der Waals surface area contributed by atoms with Crippen molar-refractivity contribution in [3.63, 3.8) is 0 Å². The number of hydrazine groups is 1. The second-order valence-electron chi connectivity index (χ2n) is 8.44. The lowest BCUT2D eigenvalue weighted by molar-refractivity contribution is -0.122. The molecule has 0 aliphatic rings. The van der Waals surface area contributed by atoms with Gasteiger partial charge in [-0.1, -0.05) is 60.6 Å². The average molecular weight is 503 g/mol. The van der Waals surface area contributed by atoms with Crippen LogP contribution in [0.4, 0.5) is 0 Å². The van der Waals surface area contributed by atoms with Gasteiger partial charge in [0.15, 0.2) is 0 Å². The second-order valence-corrected chi connectivity index (χ2v) is 11.1. The molecule has 1 aromatic carbocycles. The van der Waals surface area contributed by atoms with Gasteiger partial charge in [0.2, 0.25) is 11.8 Å². The third kappa shape index (κ3) is 11.1. The van der Waals surface area contributed by atoms with E-state index in [1.807, 2.05) is 24.3 Å². The van der Waals surface area contributed by atoms with Gasteiger partial charge in [0.25, 0.3) is 5.91 Å². The number of amides is 3. The average Bonchev–Trinajstić information content (AvgIpc) is 2.83. The topological polar surface area (TPSA) is 100 Å². The molecule has 0 radical (unpaired) electrons. The number of benzene rings is 1. The number of hydrogen-bond donors (Lipinski definition) is 3. The Labute approximate surface area is 210 Å². The van der Waals surface area contributed by atoms with Crippen molar-refractivity contribution in [2.45, 2.75) is 63.0 Å². The van der Waals surface area contributed by atoms with Gasteiger partial charge < -0.3 is 5.32 Å². The SMILES string of the molecule is CC(C)CCCNC(=O)Cc1ccccc1SSC(C)CCC(=O)NNC(=O)c1ccncc1. The van der Waals surface area contributed by atoms with E-state index in [0.29, 0.717) is 37.3 Å². The molecule has 1 aromatic heterocycles.